The molecule has 2 rings (SSSR count). The first kappa shape index (κ1) is 14.6. The van der Waals surface area contributed by atoms with Crippen molar-refractivity contribution in [2.24, 2.45) is 0 Å². The Hall–Kier alpha value is -1.85. The Morgan fingerprint density at radius 1 is 1.30 bits per heavy atom. The summed E-state index contributed by atoms with van der Waals surface area (Å²) in [5, 5.41) is 4.03. The van der Waals surface area contributed by atoms with Crippen LogP contribution < -0.4 is 5.32 Å². The summed E-state index contributed by atoms with van der Waals surface area (Å²) in [6.45, 7) is 1.64. The summed E-state index contributed by atoms with van der Waals surface area (Å²) in [6, 6.07) is 8.30. The molecule has 0 unspecified atom stereocenters. The van der Waals surface area contributed by atoms with Crippen LogP contribution in [-0.2, 0) is 20.7 Å². The number of amides is 1. The Morgan fingerprint density at radius 3 is 3.05 bits per heavy atom. The van der Waals surface area contributed by atoms with Crippen molar-refractivity contribution in [2.45, 2.75) is 6.42 Å². The lowest BCUT2D eigenvalue weighted by Gasteiger charge is -2.06. The van der Waals surface area contributed by atoms with Gasteiger partial charge in [-0.05, 0) is 35.6 Å². The topological polar surface area (TPSA) is 63.4 Å². The fourth-order valence-corrected chi connectivity index (χ4v) is 1.96. The van der Waals surface area contributed by atoms with E-state index in [4.69, 9.17) is 9.47 Å². The minimum Gasteiger partial charge on any atom is -0.382 e. The van der Waals surface area contributed by atoms with Crippen molar-refractivity contribution in [2.75, 3.05) is 33.5 Å². The number of methoxy groups -OCH3 is 1. The number of H-pyrrole nitrogens is 1. The smallest absolute Gasteiger partial charge is 0.246 e. The molecule has 108 valence electrons. The van der Waals surface area contributed by atoms with Gasteiger partial charge in [-0.3, -0.25) is 4.79 Å². The number of carbonyl (C=O) groups excluding carboxylic acids is 1. The minimum absolute atomic E-state index is 0.0835. The van der Waals surface area contributed by atoms with Gasteiger partial charge in [0.1, 0.15) is 6.61 Å². The van der Waals surface area contributed by atoms with E-state index in [-0.39, 0.29) is 12.5 Å². The van der Waals surface area contributed by atoms with Crippen LogP contribution in [0.15, 0.2) is 30.5 Å². The van der Waals surface area contributed by atoms with Gasteiger partial charge in [-0.25, -0.2) is 0 Å². The zero-order chi connectivity index (χ0) is 14.2. The molecule has 2 aromatic rings. The molecule has 5 heteroatoms. The third-order valence-corrected chi connectivity index (χ3v) is 3.02. The largest absolute Gasteiger partial charge is 0.382 e. The molecule has 0 fully saturated rings. The van der Waals surface area contributed by atoms with Gasteiger partial charge in [-0.2, -0.15) is 0 Å². The van der Waals surface area contributed by atoms with Gasteiger partial charge >= 0.3 is 0 Å². The molecule has 1 aromatic heterocycles. The molecular weight excluding hydrogens is 256 g/mol. The predicted octanol–water partition coefficient (Wildman–Crippen LogP) is 1.49. The summed E-state index contributed by atoms with van der Waals surface area (Å²) < 4.78 is 9.98. The first-order valence-electron chi connectivity index (χ1n) is 6.69. The van der Waals surface area contributed by atoms with E-state index < -0.39 is 0 Å². The first-order chi connectivity index (χ1) is 9.79. The molecule has 0 aliphatic rings. The fourth-order valence-electron chi connectivity index (χ4n) is 1.96. The third kappa shape index (κ3) is 4.36. The summed E-state index contributed by atoms with van der Waals surface area (Å²) in [7, 11) is 1.60. The minimum atomic E-state index is -0.0937. The number of aromatic nitrogens is 1. The second-order valence-electron chi connectivity index (χ2n) is 4.54. The summed E-state index contributed by atoms with van der Waals surface area (Å²) in [6.07, 6.45) is 2.73. The molecule has 0 atom stereocenters. The van der Waals surface area contributed by atoms with Gasteiger partial charge in [0.05, 0.1) is 13.2 Å². The Bertz CT molecular complexity index is 551. The van der Waals surface area contributed by atoms with Gasteiger partial charge in [0, 0.05) is 25.4 Å². The van der Waals surface area contributed by atoms with Crippen LogP contribution in [0, 0.1) is 0 Å². The van der Waals surface area contributed by atoms with Crippen LogP contribution in [0.2, 0.25) is 0 Å². The molecule has 0 saturated carbocycles. The molecular formula is C15H20N2O3. The summed E-state index contributed by atoms with van der Waals surface area (Å²) in [5.74, 6) is -0.0937. The summed E-state index contributed by atoms with van der Waals surface area (Å²) in [5.41, 5.74) is 2.34. The van der Waals surface area contributed by atoms with E-state index in [1.165, 1.54) is 10.9 Å². The maximum Gasteiger partial charge on any atom is 0.246 e. The number of benzene rings is 1. The van der Waals surface area contributed by atoms with Gasteiger partial charge in [-0.15, -0.1) is 0 Å². The zero-order valence-electron chi connectivity index (χ0n) is 11.6. The van der Waals surface area contributed by atoms with Crippen molar-refractivity contribution in [3.63, 3.8) is 0 Å². The fraction of sp³-hybridized carbons (Fsp3) is 0.400. The standard InChI is InChI=1S/C15H20N2O3/c1-19-8-9-20-11-15(18)17-6-4-12-2-3-14-13(10-12)5-7-16-14/h2-3,5,7,10,16H,4,6,8-9,11H2,1H3,(H,17,18). The molecule has 1 aromatic carbocycles. The van der Waals surface area contributed by atoms with Crippen LogP contribution in [0.25, 0.3) is 10.9 Å². The number of fused-ring (bicyclic) bond motifs is 1. The van der Waals surface area contributed by atoms with Crippen LogP contribution in [0.3, 0.4) is 0 Å². The first-order valence-corrected chi connectivity index (χ1v) is 6.69. The lowest BCUT2D eigenvalue weighted by molar-refractivity contribution is -0.126. The van der Waals surface area contributed by atoms with Gasteiger partial charge in [0.15, 0.2) is 0 Å². The highest BCUT2D eigenvalue weighted by atomic mass is 16.5. The molecule has 0 bridgehead atoms. The van der Waals surface area contributed by atoms with Crippen molar-refractivity contribution < 1.29 is 14.3 Å². The third-order valence-electron chi connectivity index (χ3n) is 3.02. The second kappa shape index (κ2) is 7.67. The van der Waals surface area contributed by atoms with Crippen LogP contribution in [-0.4, -0.2) is 44.4 Å². The molecule has 1 amide bonds. The number of hydrogen-bond donors (Lipinski definition) is 2. The monoisotopic (exact) mass is 276 g/mol. The number of nitrogens with one attached hydrogen (secondary N) is 2. The Balaban J connectivity index is 1.68. The van der Waals surface area contributed by atoms with Crippen molar-refractivity contribution in [3.05, 3.63) is 36.0 Å². The summed E-state index contributed by atoms with van der Waals surface area (Å²) in [4.78, 5) is 14.6. The molecule has 2 N–H and O–H groups in total. The molecule has 1 heterocycles. The molecule has 0 spiro atoms. The van der Waals surface area contributed by atoms with Crippen molar-refractivity contribution >= 4 is 16.8 Å². The van der Waals surface area contributed by atoms with Crippen LogP contribution >= 0.6 is 0 Å². The van der Waals surface area contributed by atoms with E-state index in [0.717, 1.165) is 11.9 Å². The van der Waals surface area contributed by atoms with E-state index >= 15 is 0 Å². The van der Waals surface area contributed by atoms with Crippen molar-refractivity contribution in [1.82, 2.24) is 10.3 Å². The quantitative estimate of drug-likeness (QED) is 0.718. The number of carbonyl (C=O) groups is 1. The van der Waals surface area contributed by atoms with E-state index in [2.05, 4.69) is 28.5 Å². The maximum absolute atomic E-state index is 11.5. The normalized spacial score (nSPS) is 10.8. The number of rotatable bonds is 8. The van der Waals surface area contributed by atoms with Gasteiger partial charge in [-0.1, -0.05) is 6.07 Å². The van der Waals surface area contributed by atoms with E-state index in [1.54, 1.807) is 7.11 Å². The zero-order valence-corrected chi connectivity index (χ0v) is 11.6. The van der Waals surface area contributed by atoms with Crippen molar-refractivity contribution in [3.8, 4) is 0 Å². The molecule has 0 aliphatic carbocycles. The van der Waals surface area contributed by atoms with E-state index in [0.29, 0.717) is 19.8 Å². The molecule has 0 aliphatic heterocycles. The van der Waals surface area contributed by atoms with Gasteiger partial charge < -0.3 is 19.8 Å². The maximum atomic E-state index is 11.5. The Morgan fingerprint density at radius 2 is 2.20 bits per heavy atom. The second-order valence-corrected chi connectivity index (χ2v) is 4.54. The van der Waals surface area contributed by atoms with Gasteiger partial charge in [0.25, 0.3) is 0 Å². The number of hydrogen-bond acceptors (Lipinski definition) is 3. The van der Waals surface area contributed by atoms with E-state index in [1.807, 2.05) is 12.3 Å². The highest BCUT2D eigenvalue weighted by Gasteiger charge is 2.02. The van der Waals surface area contributed by atoms with Crippen LogP contribution in [0.1, 0.15) is 5.56 Å². The molecule has 5 nitrogen and oxygen atoms in total. The lowest BCUT2D eigenvalue weighted by atomic mass is 10.1. The molecule has 20 heavy (non-hydrogen) atoms. The number of aromatic amines is 1. The number of ether oxygens (including phenoxy) is 2. The Labute approximate surface area is 118 Å². The average molecular weight is 276 g/mol. The summed E-state index contributed by atoms with van der Waals surface area (Å²) >= 11 is 0. The Kier molecular flexibility index (Phi) is 5.58. The lowest BCUT2D eigenvalue weighted by Crippen LogP contribution is -2.29. The predicted molar refractivity (Wildman–Crippen MR) is 77.7 cm³/mol. The average Bonchev–Trinajstić information content (AvgIpc) is 2.91. The van der Waals surface area contributed by atoms with Crippen molar-refractivity contribution in [1.29, 1.82) is 0 Å². The molecule has 0 radical (unpaired) electrons. The highest BCUT2D eigenvalue weighted by molar-refractivity contribution is 5.80. The van der Waals surface area contributed by atoms with Crippen LogP contribution in [0.5, 0.6) is 0 Å². The highest BCUT2D eigenvalue weighted by Crippen LogP contribution is 2.14. The van der Waals surface area contributed by atoms with Crippen LogP contribution in [0.4, 0.5) is 0 Å². The SMILES string of the molecule is COCCOCC(=O)NCCc1ccc2[nH]ccc2c1. The van der Waals surface area contributed by atoms with Gasteiger partial charge in [0.2, 0.25) is 5.91 Å². The molecule has 0 saturated heterocycles. The van der Waals surface area contributed by atoms with E-state index in [9.17, 15) is 4.79 Å².